The van der Waals surface area contributed by atoms with Crippen molar-refractivity contribution in [3.8, 4) is 0 Å². The predicted molar refractivity (Wildman–Crippen MR) is 169 cm³/mol. The number of rotatable bonds is 22. The van der Waals surface area contributed by atoms with Gasteiger partial charge in [-0.2, -0.15) is 0 Å². The molecule has 1 aromatic rings. The fraction of sp³-hybridized carbons (Fsp3) is 0.581. The molecule has 0 aromatic heterocycles. The number of hydrogen-bond donors (Lipinski definition) is 7. The third-order valence-electron chi connectivity index (χ3n) is 6.75. The lowest BCUT2D eigenvalue weighted by Crippen LogP contribution is -2.54. The zero-order chi connectivity index (χ0) is 34.5. The van der Waals surface area contributed by atoms with Crippen molar-refractivity contribution in [3.63, 3.8) is 0 Å². The molecule has 2 atom stereocenters. The molecule has 256 valence electrons. The van der Waals surface area contributed by atoms with Gasteiger partial charge in [-0.3, -0.25) is 28.8 Å². The Kier molecular flexibility index (Phi) is 18.7. The summed E-state index contributed by atoms with van der Waals surface area (Å²) in [5.74, 6) is -3.37. The van der Waals surface area contributed by atoms with Crippen molar-refractivity contribution >= 4 is 47.3 Å². The predicted octanol–water partition coefficient (Wildman–Crippen LogP) is 1.69. The van der Waals surface area contributed by atoms with E-state index in [0.29, 0.717) is 37.9 Å². The molecule has 15 nitrogen and oxygen atoms in total. The number of nitrogens with two attached hydrogens (primary N) is 1. The Hall–Kier alpha value is -4.69. The van der Waals surface area contributed by atoms with Gasteiger partial charge in [0, 0.05) is 38.0 Å². The maximum atomic E-state index is 13.3. The minimum absolute atomic E-state index is 0.0879. The average Bonchev–Trinajstić information content (AvgIpc) is 3.00. The molecule has 46 heavy (non-hydrogen) atoms. The van der Waals surface area contributed by atoms with E-state index in [9.17, 15) is 33.6 Å². The summed E-state index contributed by atoms with van der Waals surface area (Å²) < 4.78 is 5.11. The number of hydrogen-bond acceptors (Lipinski definition) is 8. The van der Waals surface area contributed by atoms with E-state index in [2.05, 4.69) is 26.6 Å². The van der Waals surface area contributed by atoms with Gasteiger partial charge in [-0.05, 0) is 49.3 Å². The molecular weight excluding hydrogens is 600 g/mol. The van der Waals surface area contributed by atoms with Crippen LogP contribution in [0.3, 0.4) is 0 Å². The smallest absolute Gasteiger partial charge is 0.312 e. The van der Waals surface area contributed by atoms with Crippen LogP contribution in [-0.2, 0) is 40.1 Å². The van der Waals surface area contributed by atoms with Crippen LogP contribution in [0.25, 0.3) is 0 Å². The summed E-state index contributed by atoms with van der Waals surface area (Å²) in [6.07, 6.45) is 2.36. The molecule has 8 N–H and O–H groups in total. The van der Waals surface area contributed by atoms with E-state index in [1.165, 1.54) is 0 Å². The molecule has 0 bridgehead atoms. The molecule has 0 saturated heterocycles. The molecule has 0 aliphatic heterocycles. The monoisotopic (exact) mass is 648 g/mol. The molecule has 0 saturated carbocycles. The number of carboxylic acid groups (broad SMARTS) is 1. The number of carbonyl (C=O) groups excluding carboxylic acids is 6. The summed E-state index contributed by atoms with van der Waals surface area (Å²) in [5, 5.41) is 21.9. The first-order valence-corrected chi connectivity index (χ1v) is 15.5. The van der Waals surface area contributed by atoms with E-state index < -0.39 is 35.9 Å². The number of carboxylic acids is 1. The van der Waals surface area contributed by atoms with Crippen molar-refractivity contribution in [2.75, 3.05) is 18.4 Å². The van der Waals surface area contributed by atoms with E-state index in [0.717, 1.165) is 5.56 Å². The zero-order valence-electron chi connectivity index (χ0n) is 26.8. The van der Waals surface area contributed by atoms with Gasteiger partial charge >= 0.3 is 18.0 Å². The molecule has 0 radical (unpaired) electrons. The molecule has 15 heteroatoms. The van der Waals surface area contributed by atoms with E-state index in [4.69, 9.17) is 15.6 Å². The molecule has 1 aromatic carbocycles. The minimum atomic E-state index is -1.04. The molecule has 1 rings (SSSR count). The Morgan fingerprint density at radius 1 is 0.804 bits per heavy atom. The van der Waals surface area contributed by atoms with Crippen LogP contribution >= 0.6 is 0 Å². The summed E-state index contributed by atoms with van der Waals surface area (Å²) in [4.78, 5) is 83.7. The van der Waals surface area contributed by atoms with Crippen molar-refractivity contribution in [1.82, 2.24) is 21.3 Å². The second-order valence-electron chi connectivity index (χ2n) is 11.0. The van der Waals surface area contributed by atoms with Crippen molar-refractivity contribution in [1.29, 1.82) is 0 Å². The Bertz CT molecular complexity index is 1170. The number of amides is 6. The Morgan fingerprint density at radius 2 is 1.48 bits per heavy atom. The van der Waals surface area contributed by atoms with Gasteiger partial charge in [0.2, 0.25) is 23.6 Å². The van der Waals surface area contributed by atoms with E-state index in [1.54, 1.807) is 45.0 Å². The number of nitrogens with one attached hydrogen (secondary N) is 5. The number of unbranched alkanes of at least 4 members (excludes halogenated alkanes) is 2. The Morgan fingerprint density at radius 3 is 2.09 bits per heavy atom. The number of primary amides is 1. The zero-order valence-corrected chi connectivity index (χ0v) is 26.8. The number of benzene rings is 1. The summed E-state index contributed by atoms with van der Waals surface area (Å²) in [7, 11) is 0. The topological polar surface area (TPSA) is 235 Å². The lowest BCUT2D eigenvalue weighted by atomic mass is 10.0. The second-order valence-corrected chi connectivity index (χ2v) is 11.0. The van der Waals surface area contributed by atoms with Crippen LogP contribution in [0.5, 0.6) is 0 Å². The van der Waals surface area contributed by atoms with Gasteiger partial charge in [-0.25, -0.2) is 4.79 Å². The van der Waals surface area contributed by atoms with Gasteiger partial charge in [0.1, 0.15) is 18.7 Å². The highest BCUT2D eigenvalue weighted by Gasteiger charge is 2.28. The van der Waals surface area contributed by atoms with Crippen LogP contribution in [0.2, 0.25) is 0 Å². The number of anilines is 1. The number of aliphatic carboxylic acids is 1. The largest absolute Gasteiger partial charge is 0.481 e. The first kappa shape index (κ1) is 39.3. The number of esters is 1. The third-order valence-corrected chi connectivity index (χ3v) is 6.75. The van der Waals surface area contributed by atoms with Crippen molar-refractivity contribution in [2.24, 2.45) is 11.7 Å². The fourth-order valence-electron chi connectivity index (χ4n) is 4.13. The second kappa shape index (κ2) is 21.9. The number of ether oxygens (including phenoxy) is 1. The van der Waals surface area contributed by atoms with Crippen LogP contribution in [0.4, 0.5) is 10.5 Å². The molecule has 0 aliphatic rings. The van der Waals surface area contributed by atoms with Crippen molar-refractivity contribution in [3.05, 3.63) is 29.8 Å². The lowest BCUT2D eigenvalue weighted by molar-refractivity contribution is -0.144. The van der Waals surface area contributed by atoms with E-state index in [-0.39, 0.29) is 69.0 Å². The summed E-state index contributed by atoms with van der Waals surface area (Å²) in [6, 6.07) is 4.08. The highest BCUT2D eigenvalue weighted by molar-refractivity contribution is 5.98. The normalized spacial score (nSPS) is 11.9. The number of carbonyl (C=O) groups is 7. The Labute approximate surface area is 269 Å². The number of urea groups is 1. The Balaban J connectivity index is 2.71. The first-order chi connectivity index (χ1) is 21.8. The molecule has 0 spiro atoms. The van der Waals surface area contributed by atoms with Gasteiger partial charge < -0.3 is 42.2 Å². The van der Waals surface area contributed by atoms with Crippen LogP contribution in [0, 0.1) is 5.92 Å². The standard InChI is InChI=1S/C31H48N6O9/c1-4-27(42)46-19-21-11-13-22(14-12-21)35-29(43)23(9-8-18-34-31(32)45)36-30(44)28(20(2)3)37-25(39)10-6-5-7-17-33-24(38)15-16-26(40)41/h11-14,20,23,28H,4-10,15-19H2,1-3H3,(H,33,38)(H,35,43)(H,36,44)(H,37,39)(H,40,41)(H3,32,34,45)/t23-,28-/m0/s1. The summed E-state index contributed by atoms with van der Waals surface area (Å²) in [5.41, 5.74) is 6.31. The molecule has 6 amide bonds. The first-order valence-electron chi connectivity index (χ1n) is 15.5. The highest BCUT2D eigenvalue weighted by atomic mass is 16.5. The molecule has 0 fully saturated rings. The minimum Gasteiger partial charge on any atom is -0.481 e. The van der Waals surface area contributed by atoms with Gasteiger partial charge in [0.15, 0.2) is 0 Å². The van der Waals surface area contributed by atoms with E-state index in [1.807, 2.05) is 0 Å². The average molecular weight is 649 g/mol. The molecule has 0 unspecified atom stereocenters. The molecular formula is C31H48N6O9. The van der Waals surface area contributed by atoms with E-state index >= 15 is 0 Å². The summed E-state index contributed by atoms with van der Waals surface area (Å²) >= 11 is 0. The van der Waals surface area contributed by atoms with Crippen LogP contribution < -0.4 is 32.3 Å². The highest BCUT2D eigenvalue weighted by Crippen LogP contribution is 2.13. The third kappa shape index (κ3) is 17.6. The molecule has 0 heterocycles. The summed E-state index contributed by atoms with van der Waals surface area (Å²) in [6.45, 7) is 5.89. The molecule has 0 aliphatic carbocycles. The lowest BCUT2D eigenvalue weighted by Gasteiger charge is -2.25. The van der Waals surface area contributed by atoms with Crippen LogP contribution in [0.15, 0.2) is 24.3 Å². The SMILES string of the molecule is CCC(=O)OCc1ccc(NC(=O)[C@H](CCCNC(N)=O)NC(=O)[C@@H](NC(=O)CCCCCNC(=O)CCC(=O)O)C(C)C)cc1. The van der Waals surface area contributed by atoms with Crippen LogP contribution in [0.1, 0.15) is 84.1 Å². The van der Waals surface area contributed by atoms with Gasteiger partial charge in [0.25, 0.3) is 0 Å². The maximum Gasteiger partial charge on any atom is 0.312 e. The van der Waals surface area contributed by atoms with Crippen LogP contribution in [-0.4, -0.2) is 71.9 Å². The van der Waals surface area contributed by atoms with Gasteiger partial charge in [-0.15, -0.1) is 0 Å². The van der Waals surface area contributed by atoms with Gasteiger partial charge in [-0.1, -0.05) is 39.3 Å². The van der Waals surface area contributed by atoms with Gasteiger partial charge in [0.05, 0.1) is 6.42 Å². The quantitative estimate of drug-likeness (QED) is 0.0715. The van der Waals surface area contributed by atoms with Crippen molar-refractivity contribution < 1.29 is 43.4 Å². The fourth-order valence-corrected chi connectivity index (χ4v) is 4.13. The van der Waals surface area contributed by atoms with Crippen molar-refractivity contribution in [2.45, 2.75) is 97.2 Å². The maximum absolute atomic E-state index is 13.3.